The third-order valence-electron chi connectivity index (χ3n) is 3.21. The highest BCUT2D eigenvalue weighted by Crippen LogP contribution is 2.14. The van der Waals surface area contributed by atoms with Crippen molar-refractivity contribution in [2.75, 3.05) is 0 Å². The van der Waals surface area contributed by atoms with Crippen molar-refractivity contribution < 1.29 is 4.79 Å². The van der Waals surface area contributed by atoms with Gasteiger partial charge in [0.1, 0.15) is 5.65 Å². The van der Waals surface area contributed by atoms with Crippen LogP contribution in [0.3, 0.4) is 0 Å². The molecule has 0 saturated carbocycles. The molecule has 3 rings (SSSR count). The topological polar surface area (TPSA) is 62.8 Å². The van der Waals surface area contributed by atoms with E-state index in [9.17, 15) is 9.59 Å². The predicted octanol–water partition coefficient (Wildman–Crippen LogP) is 3.12. The van der Waals surface area contributed by atoms with Gasteiger partial charge in [0, 0.05) is 22.5 Å². The maximum absolute atomic E-state index is 12.4. The molecule has 0 amide bonds. The van der Waals surface area contributed by atoms with Gasteiger partial charge < -0.3 is 4.98 Å². The van der Waals surface area contributed by atoms with Crippen LogP contribution in [0.4, 0.5) is 0 Å². The molecule has 0 aliphatic carbocycles. The summed E-state index contributed by atoms with van der Waals surface area (Å²) in [5.74, 6) is -0.360. The average Bonchev–Trinajstić information content (AvgIpc) is 2.47. The van der Waals surface area contributed by atoms with Crippen molar-refractivity contribution in [2.45, 2.75) is 6.92 Å². The number of nitrogens with zero attached hydrogens (tertiary/aromatic N) is 1. The fourth-order valence-electron chi connectivity index (χ4n) is 2.16. The van der Waals surface area contributed by atoms with Crippen LogP contribution in [-0.4, -0.2) is 15.8 Å². The smallest absolute Gasteiger partial charge is 0.202 e. The number of carbonyl (C=O) groups excluding carboxylic acids is 1. The van der Waals surface area contributed by atoms with Gasteiger partial charge in [-0.05, 0) is 31.2 Å². The van der Waals surface area contributed by atoms with Crippen molar-refractivity contribution in [1.82, 2.24) is 9.97 Å². The Kier molecular flexibility index (Phi) is 3.31. The molecule has 0 fully saturated rings. The van der Waals surface area contributed by atoms with E-state index in [4.69, 9.17) is 11.6 Å². The molecule has 1 aromatic carbocycles. The number of nitrogens with one attached hydrogen (secondary N) is 1. The van der Waals surface area contributed by atoms with E-state index < -0.39 is 0 Å². The molecule has 1 N–H and O–H groups in total. The SMILES string of the molecule is Cc1ccc2c(=O)c(C(=O)c3cccc(Cl)c3)c[nH]c2n1. The van der Waals surface area contributed by atoms with E-state index in [-0.39, 0.29) is 16.8 Å². The normalized spacial score (nSPS) is 10.8. The van der Waals surface area contributed by atoms with Gasteiger partial charge in [0.05, 0.1) is 10.9 Å². The highest BCUT2D eigenvalue weighted by atomic mass is 35.5. The number of ketones is 1. The van der Waals surface area contributed by atoms with Crippen LogP contribution in [0, 0.1) is 6.92 Å². The lowest BCUT2D eigenvalue weighted by molar-refractivity contribution is 0.103. The number of fused-ring (bicyclic) bond motifs is 1. The number of aryl methyl sites for hydroxylation is 1. The van der Waals surface area contributed by atoms with Gasteiger partial charge in [-0.1, -0.05) is 23.7 Å². The highest BCUT2D eigenvalue weighted by molar-refractivity contribution is 6.31. The van der Waals surface area contributed by atoms with Gasteiger partial charge in [-0.15, -0.1) is 0 Å². The van der Waals surface area contributed by atoms with Gasteiger partial charge in [-0.3, -0.25) is 9.59 Å². The second-order valence-electron chi connectivity index (χ2n) is 4.72. The molecule has 0 spiro atoms. The highest BCUT2D eigenvalue weighted by Gasteiger charge is 2.15. The molecule has 0 aliphatic heterocycles. The lowest BCUT2D eigenvalue weighted by Crippen LogP contribution is -2.17. The van der Waals surface area contributed by atoms with Gasteiger partial charge in [0.15, 0.2) is 5.78 Å². The molecular weight excluding hydrogens is 288 g/mol. The summed E-state index contributed by atoms with van der Waals surface area (Å²) in [4.78, 5) is 32.0. The summed E-state index contributed by atoms with van der Waals surface area (Å²) >= 11 is 5.88. The standard InChI is InChI=1S/C16H11ClN2O2/c1-9-5-6-12-15(21)13(8-18-16(12)19-9)14(20)10-3-2-4-11(17)7-10/h2-8H,1H3,(H,18,19,21). The number of halogens is 1. The molecule has 5 heteroatoms. The van der Waals surface area contributed by atoms with E-state index in [1.165, 1.54) is 6.20 Å². The van der Waals surface area contributed by atoms with Crippen molar-refractivity contribution in [3.8, 4) is 0 Å². The van der Waals surface area contributed by atoms with Crippen LogP contribution in [0.2, 0.25) is 5.02 Å². The minimum atomic E-state index is -0.360. The summed E-state index contributed by atoms with van der Waals surface area (Å²) in [7, 11) is 0. The van der Waals surface area contributed by atoms with E-state index in [1.807, 2.05) is 6.92 Å². The number of pyridine rings is 2. The van der Waals surface area contributed by atoms with Crippen molar-refractivity contribution in [1.29, 1.82) is 0 Å². The number of aromatic nitrogens is 2. The molecule has 2 heterocycles. The first-order valence-corrected chi connectivity index (χ1v) is 6.73. The second-order valence-corrected chi connectivity index (χ2v) is 5.16. The van der Waals surface area contributed by atoms with Crippen LogP contribution in [0.15, 0.2) is 47.4 Å². The Hall–Kier alpha value is -2.46. The Morgan fingerprint density at radius 2 is 2.05 bits per heavy atom. The second kappa shape index (κ2) is 5.14. The molecule has 0 saturated heterocycles. The Labute approximate surface area is 125 Å². The first-order valence-electron chi connectivity index (χ1n) is 6.35. The molecule has 2 aromatic heterocycles. The molecular formula is C16H11ClN2O2. The zero-order valence-electron chi connectivity index (χ0n) is 11.2. The number of carbonyl (C=O) groups is 1. The van der Waals surface area contributed by atoms with Crippen LogP contribution in [0.5, 0.6) is 0 Å². The summed E-state index contributed by atoms with van der Waals surface area (Å²) in [6.45, 7) is 1.84. The summed E-state index contributed by atoms with van der Waals surface area (Å²) in [6.07, 6.45) is 1.40. The van der Waals surface area contributed by atoms with Gasteiger partial charge >= 0.3 is 0 Å². The fraction of sp³-hybridized carbons (Fsp3) is 0.0625. The van der Waals surface area contributed by atoms with Gasteiger partial charge in [-0.25, -0.2) is 4.98 Å². The summed E-state index contributed by atoms with van der Waals surface area (Å²) in [6, 6.07) is 9.94. The first-order chi connectivity index (χ1) is 10.1. The molecule has 0 unspecified atom stereocenters. The minimum absolute atomic E-state index is 0.0791. The predicted molar refractivity (Wildman–Crippen MR) is 82.0 cm³/mol. The Bertz CT molecular complexity index is 916. The monoisotopic (exact) mass is 298 g/mol. The lowest BCUT2D eigenvalue weighted by Gasteiger charge is -2.04. The third-order valence-corrected chi connectivity index (χ3v) is 3.44. The molecule has 3 aromatic rings. The van der Waals surface area contributed by atoms with Crippen molar-refractivity contribution in [2.24, 2.45) is 0 Å². The van der Waals surface area contributed by atoms with E-state index >= 15 is 0 Å². The number of rotatable bonds is 2. The van der Waals surface area contributed by atoms with Crippen LogP contribution in [-0.2, 0) is 0 Å². The first kappa shape index (κ1) is 13.5. The number of hydrogen-bond donors (Lipinski definition) is 1. The Balaban J connectivity index is 2.17. The van der Waals surface area contributed by atoms with E-state index in [2.05, 4.69) is 9.97 Å². The molecule has 4 nitrogen and oxygen atoms in total. The van der Waals surface area contributed by atoms with Crippen LogP contribution < -0.4 is 5.43 Å². The number of benzene rings is 1. The molecule has 0 radical (unpaired) electrons. The maximum Gasteiger partial charge on any atom is 0.202 e. The van der Waals surface area contributed by atoms with E-state index in [0.29, 0.717) is 21.6 Å². The number of H-pyrrole nitrogens is 1. The Morgan fingerprint density at radius 3 is 2.81 bits per heavy atom. The number of aromatic amines is 1. The molecule has 104 valence electrons. The average molecular weight is 299 g/mol. The zero-order chi connectivity index (χ0) is 15.0. The van der Waals surface area contributed by atoms with Crippen LogP contribution >= 0.6 is 11.6 Å². The van der Waals surface area contributed by atoms with Crippen molar-refractivity contribution in [3.63, 3.8) is 0 Å². The van der Waals surface area contributed by atoms with E-state index in [1.54, 1.807) is 36.4 Å². The minimum Gasteiger partial charge on any atom is -0.345 e. The molecule has 0 atom stereocenters. The van der Waals surface area contributed by atoms with E-state index in [0.717, 1.165) is 5.69 Å². The zero-order valence-corrected chi connectivity index (χ0v) is 11.9. The summed E-state index contributed by atoms with van der Waals surface area (Å²) in [5.41, 5.74) is 1.40. The maximum atomic E-state index is 12.4. The fourth-order valence-corrected chi connectivity index (χ4v) is 2.35. The van der Waals surface area contributed by atoms with Crippen LogP contribution in [0.25, 0.3) is 11.0 Å². The summed E-state index contributed by atoms with van der Waals surface area (Å²) < 4.78 is 0. The largest absolute Gasteiger partial charge is 0.345 e. The third kappa shape index (κ3) is 2.45. The van der Waals surface area contributed by atoms with Crippen molar-refractivity contribution in [3.05, 3.63) is 74.7 Å². The molecule has 21 heavy (non-hydrogen) atoms. The number of hydrogen-bond acceptors (Lipinski definition) is 3. The lowest BCUT2D eigenvalue weighted by atomic mass is 10.0. The van der Waals surface area contributed by atoms with Gasteiger partial charge in [0.2, 0.25) is 5.43 Å². The van der Waals surface area contributed by atoms with Gasteiger partial charge in [-0.2, -0.15) is 0 Å². The molecule has 0 aliphatic rings. The Morgan fingerprint density at radius 1 is 1.24 bits per heavy atom. The molecule has 0 bridgehead atoms. The van der Waals surface area contributed by atoms with Crippen molar-refractivity contribution >= 4 is 28.4 Å². The summed E-state index contributed by atoms with van der Waals surface area (Å²) in [5, 5.41) is 0.851. The van der Waals surface area contributed by atoms with Crippen LogP contribution in [0.1, 0.15) is 21.6 Å². The quantitative estimate of drug-likeness (QED) is 0.739. The van der Waals surface area contributed by atoms with Gasteiger partial charge in [0.25, 0.3) is 0 Å².